The Balaban J connectivity index is 1.13. The number of phenolic OH excluding ortho intramolecular Hbond substituents is 1. The van der Waals surface area contributed by atoms with Gasteiger partial charge in [-0.25, -0.2) is 9.37 Å². The molecule has 2 N–H and O–H groups in total. The van der Waals surface area contributed by atoms with E-state index in [0.717, 1.165) is 38.5 Å². The molecule has 0 amide bonds. The summed E-state index contributed by atoms with van der Waals surface area (Å²) in [6.45, 7) is 0.892. The maximum atomic E-state index is 15.5. The first kappa shape index (κ1) is 22.6. The van der Waals surface area contributed by atoms with Gasteiger partial charge in [-0.2, -0.15) is 0 Å². The Kier molecular flexibility index (Phi) is 5.53. The Morgan fingerprint density at radius 1 is 0.973 bits per heavy atom. The number of piperidine rings is 2. The van der Waals surface area contributed by atoms with Crippen molar-refractivity contribution in [3.63, 3.8) is 0 Å². The summed E-state index contributed by atoms with van der Waals surface area (Å²) in [5, 5.41) is 31.3. The molecule has 4 atom stereocenters. The molecule has 4 aliphatic rings. The van der Waals surface area contributed by atoms with Crippen LogP contribution >= 0.6 is 0 Å². The van der Waals surface area contributed by atoms with Gasteiger partial charge >= 0.3 is 0 Å². The SMILES string of the molecule is Oc1cc(-c2cc3c(nn2)OCCO3)ccc1-c1cnc(N(C2CC2)[C@H]2C[C@@H]3CCC[C@H](N3)[C@H]2F)nn1. The average Bonchev–Trinajstić information content (AvgIpc) is 3.77. The third-order valence-corrected chi connectivity index (χ3v) is 7.75. The number of nitrogens with zero attached hydrogens (tertiary/aromatic N) is 6. The van der Waals surface area contributed by atoms with Gasteiger partial charge < -0.3 is 24.8 Å². The number of nitrogens with one attached hydrogen (secondary N) is 1. The van der Waals surface area contributed by atoms with Gasteiger partial charge in [0.1, 0.15) is 30.8 Å². The molecule has 0 unspecified atom stereocenters. The van der Waals surface area contributed by atoms with Crippen molar-refractivity contribution in [1.29, 1.82) is 0 Å². The monoisotopic (exact) mass is 505 g/mol. The first-order valence-corrected chi connectivity index (χ1v) is 13.0. The zero-order valence-corrected chi connectivity index (χ0v) is 20.3. The van der Waals surface area contributed by atoms with Crippen molar-refractivity contribution in [3.05, 3.63) is 30.5 Å². The average molecular weight is 506 g/mol. The van der Waals surface area contributed by atoms with E-state index in [4.69, 9.17) is 9.47 Å². The molecular formula is C26H28FN7O3. The smallest absolute Gasteiger partial charge is 0.276 e. The van der Waals surface area contributed by atoms with E-state index in [9.17, 15) is 5.11 Å². The lowest BCUT2D eigenvalue weighted by Crippen LogP contribution is -2.62. The van der Waals surface area contributed by atoms with Crippen LogP contribution in [0.2, 0.25) is 0 Å². The summed E-state index contributed by atoms with van der Waals surface area (Å²) in [7, 11) is 0. The molecule has 1 aromatic carbocycles. The first-order chi connectivity index (χ1) is 18.1. The van der Waals surface area contributed by atoms with Crippen molar-refractivity contribution in [2.75, 3.05) is 18.1 Å². The van der Waals surface area contributed by atoms with Crippen LogP contribution in [0.1, 0.15) is 38.5 Å². The number of hydrogen-bond acceptors (Lipinski definition) is 10. The fourth-order valence-electron chi connectivity index (χ4n) is 5.80. The van der Waals surface area contributed by atoms with Crippen LogP contribution in [0.5, 0.6) is 17.4 Å². The molecule has 2 bridgehead atoms. The molecule has 0 radical (unpaired) electrons. The minimum absolute atomic E-state index is 0.0205. The number of phenols is 1. The normalized spacial score (nSPS) is 26.5. The molecule has 192 valence electrons. The molecule has 10 nitrogen and oxygen atoms in total. The molecule has 1 saturated carbocycles. The molecule has 3 fully saturated rings. The van der Waals surface area contributed by atoms with Gasteiger partial charge in [0.25, 0.3) is 5.88 Å². The molecule has 1 aliphatic carbocycles. The molecule has 2 saturated heterocycles. The quantitative estimate of drug-likeness (QED) is 0.536. The predicted octanol–water partition coefficient (Wildman–Crippen LogP) is 3.06. The molecule has 0 spiro atoms. The summed E-state index contributed by atoms with van der Waals surface area (Å²) in [5.74, 6) is 1.37. The fraction of sp³-hybridized carbons (Fsp3) is 0.500. The molecule has 2 aromatic heterocycles. The highest BCUT2D eigenvalue weighted by Gasteiger charge is 2.47. The van der Waals surface area contributed by atoms with Crippen molar-refractivity contribution in [2.45, 2.75) is 68.9 Å². The number of ether oxygens (including phenoxy) is 2. The number of benzene rings is 1. The number of alkyl halides is 1. The molecule has 3 aromatic rings. The second kappa shape index (κ2) is 9.05. The maximum Gasteiger partial charge on any atom is 0.276 e. The van der Waals surface area contributed by atoms with Crippen LogP contribution in [-0.4, -0.2) is 74.0 Å². The van der Waals surface area contributed by atoms with Crippen molar-refractivity contribution in [3.8, 4) is 39.9 Å². The summed E-state index contributed by atoms with van der Waals surface area (Å²) >= 11 is 0. The summed E-state index contributed by atoms with van der Waals surface area (Å²) in [4.78, 5) is 6.66. The number of aromatic hydroxyl groups is 1. The molecule has 5 heterocycles. The van der Waals surface area contributed by atoms with Crippen molar-refractivity contribution < 1.29 is 19.0 Å². The van der Waals surface area contributed by atoms with Crippen LogP contribution < -0.4 is 19.7 Å². The van der Waals surface area contributed by atoms with Crippen LogP contribution in [0, 0.1) is 0 Å². The van der Waals surface area contributed by atoms with E-state index in [-0.39, 0.29) is 23.9 Å². The van der Waals surface area contributed by atoms with Crippen LogP contribution in [0.15, 0.2) is 30.5 Å². The fourth-order valence-corrected chi connectivity index (χ4v) is 5.80. The second-order valence-corrected chi connectivity index (χ2v) is 10.3. The van der Waals surface area contributed by atoms with Crippen LogP contribution in [-0.2, 0) is 0 Å². The summed E-state index contributed by atoms with van der Waals surface area (Å²) in [6, 6.07) is 7.18. The van der Waals surface area contributed by atoms with E-state index in [2.05, 4.69) is 35.6 Å². The molecular weight excluding hydrogens is 477 g/mol. The van der Waals surface area contributed by atoms with Crippen molar-refractivity contribution >= 4 is 5.95 Å². The molecule has 37 heavy (non-hydrogen) atoms. The van der Waals surface area contributed by atoms with Crippen molar-refractivity contribution in [1.82, 2.24) is 30.7 Å². The standard InChI is InChI=1S/C26H28FN7O3/c27-24-18-3-1-2-15(29-18)11-21(24)34(16-5-6-16)26-28-13-20(31-33-26)17-7-4-14(10-22(17)35)19-12-23-25(32-30-19)37-9-8-36-23/h4,7,10,12-13,15-16,18,21,24,29,35H,1-3,5-6,8-9,11H2/t15-,18-,21-,24+/m0/s1. The molecule has 7 rings (SSSR count). The number of anilines is 1. The molecule has 11 heteroatoms. The third kappa shape index (κ3) is 4.20. The number of aromatic nitrogens is 5. The Bertz CT molecular complexity index is 1310. The van der Waals surface area contributed by atoms with Gasteiger partial charge in [0.15, 0.2) is 5.75 Å². The Hall–Kier alpha value is -3.60. The van der Waals surface area contributed by atoms with Gasteiger partial charge in [-0.1, -0.05) is 12.5 Å². The van der Waals surface area contributed by atoms with Crippen LogP contribution in [0.25, 0.3) is 22.5 Å². The van der Waals surface area contributed by atoms with Gasteiger partial charge in [-0.05, 0) is 44.2 Å². The Morgan fingerprint density at radius 3 is 2.65 bits per heavy atom. The van der Waals surface area contributed by atoms with Gasteiger partial charge in [0.05, 0.1) is 17.9 Å². The Morgan fingerprint density at radius 2 is 1.84 bits per heavy atom. The number of halogens is 1. The predicted molar refractivity (Wildman–Crippen MR) is 132 cm³/mol. The Labute approximate surface area is 213 Å². The largest absolute Gasteiger partial charge is 0.507 e. The van der Waals surface area contributed by atoms with Gasteiger partial charge in [-0.15, -0.1) is 20.4 Å². The number of rotatable bonds is 5. The highest BCUT2D eigenvalue weighted by molar-refractivity contribution is 5.73. The van der Waals surface area contributed by atoms with E-state index in [0.29, 0.717) is 59.3 Å². The summed E-state index contributed by atoms with van der Waals surface area (Å²) < 4.78 is 26.5. The van der Waals surface area contributed by atoms with Crippen LogP contribution in [0.3, 0.4) is 0 Å². The highest BCUT2D eigenvalue weighted by Crippen LogP contribution is 2.39. The summed E-state index contributed by atoms with van der Waals surface area (Å²) in [6.07, 6.45) is 6.47. The van der Waals surface area contributed by atoms with E-state index >= 15 is 4.39 Å². The topological polar surface area (TPSA) is 118 Å². The van der Waals surface area contributed by atoms with Gasteiger partial charge in [0, 0.05) is 35.3 Å². The lowest BCUT2D eigenvalue weighted by Gasteiger charge is -2.46. The lowest BCUT2D eigenvalue weighted by atomic mass is 9.82. The van der Waals surface area contributed by atoms with E-state index in [1.165, 1.54) is 0 Å². The number of hydrogen-bond donors (Lipinski definition) is 2. The van der Waals surface area contributed by atoms with Gasteiger partial charge in [0.2, 0.25) is 5.95 Å². The first-order valence-electron chi connectivity index (χ1n) is 13.0. The summed E-state index contributed by atoms with van der Waals surface area (Å²) in [5.41, 5.74) is 2.17. The maximum absolute atomic E-state index is 15.5. The van der Waals surface area contributed by atoms with E-state index in [1.54, 1.807) is 24.4 Å². The highest BCUT2D eigenvalue weighted by atomic mass is 19.1. The molecule has 3 aliphatic heterocycles. The van der Waals surface area contributed by atoms with Crippen molar-refractivity contribution in [2.24, 2.45) is 0 Å². The zero-order valence-electron chi connectivity index (χ0n) is 20.3. The second-order valence-electron chi connectivity index (χ2n) is 10.3. The van der Waals surface area contributed by atoms with Gasteiger partial charge in [-0.3, -0.25) is 0 Å². The minimum atomic E-state index is -0.958. The minimum Gasteiger partial charge on any atom is -0.507 e. The third-order valence-electron chi connectivity index (χ3n) is 7.75. The zero-order chi connectivity index (χ0) is 24.9. The lowest BCUT2D eigenvalue weighted by molar-refractivity contribution is 0.103. The van der Waals surface area contributed by atoms with E-state index < -0.39 is 6.17 Å². The van der Waals surface area contributed by atoms with Crippen LogP contribution in [0.4, 0.5) is 10.3 Å². The number of fused-ring (bicyclic) bond motifs is 3. The van der Waals surface area contributed by atoms with E-state index in [1.807, 2.05) is 6.07 Å².